The van der Waals surface area contributed by atoms with E-state index in [1.807, 2.05) is 0 Å². The van der Waals surface area contributed by atoms with Crippen molar-refractivity contribution in [2.75, 3.05) is 6.54 Å². The number of rotatable bonds is 10. The van der Waals surface area contributed by atoms with Crippen LogP contribution in [-0.4, -0.2) is 60.8 Å². The molecule has 1 aromatic carbocycles. The highest BCUT2D eigenvalue weighted by Gasteiger charge is 2.34. The molecule has 0 radical (unpaired) electrons. The lowest BCUT2D eigenvalue weighted by atomic mass is 9.96. The van der Waals surface area contributed by atoms with E-state index in [9.17, 15) is 23.1 Å². The molecule has 1 amide bonds. The second kappa shape index (κ2) is 10.2. The van der Waals surface area contributed by atoms with Gasteiger partial charge in [0.1, 0.15) is 28.6 Å². The van der Waals surface area contributed by atoms with Crippen molar-refractivity contribution in [1.82, 2.24) is 15.2 Å². The molecule has 0 fully saturated rings. The number of benzene rings is 1. The predicted molar refractivity (Wildman–Crippen MR) is 123 cm³/mol. The molecular weight excluding hydrogens is 480 g/mol. The van der Waals surface area contributed by atoms with Crippen molar-refractivity contribution in [1.29, 1.82) is 5.41 Å². The molecule has 3 atom stereocenters. The van der Waals surface area contributed by atoms with Crippen LogP contribution in [0.5, 0.6) is 0 Å². The van der Waals surface area contributed by atoms with Gasteiger partial charge in [0.25, 0.3) is 0 Å². The number of aryl methyl sites for hydroxylation is 2. The van der Waals surface area contributed by atoms with Crippen LogP contribution in [-0.2, 0) is 24.4 Å². The van der Waals surface area contributed by atoms with Crippen molar-refractivity contribution < 1.29 is 32.5 Å². The summed E-state index contributed by atoms with van der Waals surface area (Å²) in [6.07, 6.45) is -0.269. The van der Waals surface area contributed by atoms with Gasteiger partial charge in [-0.2, -0.15) is 4.72 Å². The van der Waals surface area contributed by atoms with Crippen molar-refractivity contribution >= 4 is 33.4 Å². The summed E-state index contributed by atoms with van der Waals surface area (Å²) < 4.78 is 32.2. The Morgan fingerprint density at radius 2 is 1.94 bits per heavy atom. The molecule has 35 heavy (non-hydrogen) atoms. The van der Waals surface area contributed by atoms with Gasteiger partial charge in [0.2, 0.25) is 15.9 Å². The molecule has 188 valence electrons. The summed E-state index contributed by atoms with van der Waals surface area (Å²) in [4.78, 5) is 29.4. The monoisotopic (exact) mass is 506 g/mol. The number of nitrogen functional groups attached to an aromatic ring is 1. The molecule has 3 rings (SSSR count). The molecule has 0 bridgehead atoms. The maximum absolute atomic E-state index is 12.6. The maximum atomic E-state index is 12.6. The molecule has 1 aromatic heterocycles. The molecule has 1 aliphatic heterocycles. The first kappa shape index (κ1) is 25.8. The number of amidine groups is 1. The molecule has 1 aliphatic rings. The van der Waals surface area contributed by atoms with Gasteiger partial charge in [0.15, 0.2) is 5.76 Å². The van der Waals surface area contributed by atoms with Crippen LogP contribution in [0.15, 0.2) is 38.8 Å². The minimum atomic E-state index is -4.26. The fourth-order valence-corrected chi connectivity index (χ4v) is 5.01. The van der Waals surface area contributed by atoms with E-state index in [1.165, 1.54) is 13.8 Å². The lowest BCUT2D eigenvalue weighted by molar-refractivity contribution is -0.139. The number of nitrogens with zero attached hydrogens (tertiary/aromatic N) is 2. The van der Waals surface area contributed by atoms with Gasteiger partial charge < -0.3 is 25.5 Å². The lowest BCUT2D eigenvalue weighted by Gasteiger charge is -2.19. The summed E-state index contributed by atoms with van der Waals surface area (Å²) in [6, 6.07) is 5.22. The van der Waals surface area contributed by atoms with Crippen LogP contribution < -0.4 is 15.8 Å². The summed E-state index contributed by atoms with van der Waals surface area (Å²) in [6.45, 7) is 3.92. The largest absolute Gasteiger partial charge is 0.480 e. The van der Waals surface area contributed by atoms with Crippen molar-refractivity contribution in [3.63, 3.8) is 0 Å². The van der Waals surface area contributed by atoms with Crippen LogP contribution in [0.25, 0.3) is 0 Å². The molecule has 0 aliphatic carbocycles. The standard InChI is InChI=1S/C21H26N6O7S/c1-10(17-8-15(26-34-17)13-4-6-14(7-5-13)19(22)23)20(28)24-9-16(21(29)30)27-35(31,32)18-11(2)25-33-12(18)3/h4-7,10,16-17,27H,8-9H2,1-3H3,(H3,22,23)(H,24,28)(H,29,30)/t10?,16-,17+/m0/s1. The number of carbonyl (C=O) groups excluding carboxylic acids is 1. The Labute approximate surface area is 201 Å². The third-order valence-electron chi connectivity index (χ3n) is 5.51. The fraction of sp³-hybridized carbons (Fsp3) is 0.381. The highest BCUT2D eigenvalue weighted by Crippen LogP contribution is 2.23. The lowest BCUT2D eigenvalue weighted by Crippen LogP contribution is -2.50. The van der Waals surface area contributed by atoms with Crippen molar-refractivity contribution in [2.24, 2.45) is 16.8 Å². The van der Waals surface area contributed by atoms with Crippen LogP contribution in [0, 0.1) is 25.2 Å². The third kappa shape index (κ3) is 5.84. The smallest absolute Gasteiger partial charge is 0.323 e. The molecule has 0 spiro atoms. The molecule has 1 unspecified atom stereocenters. The van der Waals surface area contributed by atoms with Crippen LogP contribution in [0.4, 0.5) is 0 Å². The van der Waals surface area contributed by atoms with E-state index in [1.54, 1.807) is 31.2 Å². The number of carboxylic acid groups (broad SMARTS) is 1. The second-order valence-corrected chi connectivity index (χ2v) is 9.73. The number of sulfonamides is 1. The van der Waals surface area contributed by atoms with Gasteiger partial charge in [-0.1, -0.05) is 34.6 Å². The zero-order valence-corrected chi connectivity index (χ0v) is 20.0. The van der Waals surface area contributed by atoms with Gasteiger partial charge in [0.05, 0.1) is 11.6 Å². The maximum Gasteiger partial charge on any atom is 0.323 e. The number of carbonyl (C=O) groups is 2. The minimum absolute atomic E-state index is 0.0157. The topological polar surface area (TPSA) is 210 Å². The number of aromatic nitrogens is 1. The highest BCUT2D eigenvalue weighted by molar-refractivity contribution is 7.89. The number of nitrogens with two attached hydrogens (primary N) is 1. The summed E-state index contributed by atoms with van der Waals surface area (Å²) in [7, 11) is -4.26. The van der Waals surface area contributed by atoms with E-state index < -0.39 is 46.5 Å². The van der Waals surface area contributed by atoms with Gasteiger partial charge in [-0.25, -0.2) is 8.42 Å². The summed E-state index contributed by atoms with van der Waals surface area (Å²) in [5.74, 6) is -2.74. The molecule has 14 heteroatoms. The first-order chi connectivity index (χ1) is 16.4. The second-order valence-electron chi connectivity index (χ2n) is 8.08. The average Bonchev–Trinajstić information content (AvgIpc) is 3.42. The molecule has 0 saturated heterocycles. The summed E-state index contributed by atoms with van der Waals surface area (Å²) in [5, 5.41) is 27.0. The van der Waals surface area contributed by atoms with E-state index >= 15 is 0 Å². The number of hydrogen-bond donors (Lipinski definition) is 5. The van der Waals surface area contributed by atoms with Gasteiger partial charge in [-0.3, -0.25) is 15.0 Å². The van der Waals surface area contributed by atoms with E-state index in [4.69, 9.17) is 20.5 Å². The first-order valence-electron chi connectivity index (χ1n) is 10.5. The Morgan fingerprint density at radius 3 is 2.49 bits per heavy atom. The van der Waals surface area contributed by atoms with Crippen LogP contribution in [0.2, 0.25) is 0 Å². The fourth-order valence-electron chi connectivity index (χ4n) is 3.49. The van der Waals surface area contributed by atoms with Crippen molar-refractivity contribution in [3.05, 3.63) is 46.8 Å². The number of carboxylic acids is 1. The van der Waals surface area contributed by atoms with E-state index in [0.717, 1.165) is 5.56 Å². The number of amides is 1. The molecule has 13 nitrogen and oxygen atoms in total. The van der Waals surface area contributed by atoms with E-state index in [0.29, 0.717) is 17.7 Å². The molecule has 0 saturated carbocycles. The minimum Gasteiger partial charge on any atom is -0.480 e. The zero-order chi connectivity index (χ0) is 25.9. The number of aliphatic carboxylic acids is 1. The van der Waals surface area contributed by atoms with Crippen LogP contribution in [0.3, 0.4) is 0 Å². The average molecular weight is 507 g/mol. The predicted octanol–water partition coefficient (Wildman–Crippen LogP) is 0.253. The Kier molecular flexibility index (Phi) is 7.55. The third-order valence-corrected chi connectivity index (χ3v) is 7.22. The summed E-state index contributed by atoms with van der Waals surface area (Å²) >= 11 is 0. The molecule has 6 N–H and O–H groups in total. The van der Waals surface area contributed by atoms with E-state index in [-0.39, 0.29) is 22.2 Å². The van der Waals surface area contributed by atoms with Gasteiger partial charge in [-0.05, 0) is 26.3 Å². The molecule has 2 heterocycles. The van der Waals surface area contributed by atoms with Crippen LogP contribution >= 0.6 is 0 Å². The van der Waals surface area contributed by atoms with Gasteiger partial charge in [-0.15, -0.1) is 0 Å². The van der Waals surface area contributed by atoms with Gasteiger partial charge in [0, 0.05) is 18.5 Å². The molecular formula is C21H26N6O7S. The van der Waals surface area contributed by atoms with Crippen LogP contribution in [0.1, 0.15) is 35.9 Å². The number of nitrogens with one attached hydrogen (secondary N) is 3. The first-order valence-corrected chi connectivity index (χ1v) is 12.0. The summed E-state index contributed by atoms with van der Waals surface area (Å²) in [5.41, 5.74) is 7.47. The van der Waals surface area contributed by atoms with Gasteiger partial charge >= 0.3 is 5.97 Å². The Bertz CT molecular complexity index is 1250. The SMILES string of the molecule is Cc1noc(C)c1S(=O)(=O)N[C@@H](CNC(=O)C(C)[C@H]1CC(c2ccc(C(=N)N)cc2)=NO1)C(=O)O. The number of hydrogen-bond acceptors (Lipinski definition) is 9. The number of oxime groups is 1. The Hall–Kier alpha value is -3.78. The Morgan fingerprint density at radius 1 is 1.29 bits per heavy atom. The van der Waals surface area contributed by atoms with Crippen molar-refractivity contribution in [3.8, 4) is 0 Å². The van der Waals surface area contributed by atoms with E-state index in [2.05, 4.69) is 20.4 Å². The highest BCUT2D eigenvalue weighted by atomic mass is 32.2. The Balaban J connectivity index is 1.58. The zero-order valence-electron chi connectivity index (χ0n) is 19.2. The quantitative estimate of drug-likeness (QED) is 0.220. The molecule has 2 aromatic rings. The van der Waals surface area contributed by atoms with Crippen molar-refractivity contribution in [2.45, 2.75) is 44.2 Å². The normalized spacial score (nSPS) is 17.2.